The van der Waals surface area contributed by atoms with E-state index in [0.717, 1.165) is 58.1 Å². The summed E-state index contributed by atoms with van der Waals surface area (Å²) in [6.07, 6.45) is 5.12. The molecule has 7 heteroatoms. The molecule has 0 spiro atoms. The summed E-state index contributed by atoms with van der Waals surface area (Å²) < 4.78 is 5.46. The fourth-order valence-electron chi connectivity index (χ4n) is 2.56. The van der Waals surface area contributed by atoms with Crippen molar-refractivity contribution in [2.45, 2.75) is 33.1 Å². The van der Waals surface area contributed by atoms with Gasteiger partial charge in [-0.25, -0.2) is 4.98 Å². The van der Waals surface area contributed by atoms with E-state index in [1.165, 1.54) is 9.88 Å². The summed E-state index contributed by atoms with van der Waals surface area (Å²) in [5.74, 6) is 1.61. The lowest BCUT2D eigenvalue weighted by atomic mass is 10.1. The number of aromatic nitrogens is 1. The highest BCUT2D eigenvalue weighted by Gasteiger charge is 2.18. The van der Waals surface area contributed by atoms with Gasteiger partial charge in [0, 0.05) is 56.7 Å². The third-order valence-electron chi connectivity index (χ3n) is 3.79. The highest BCUT2D eigenvalue weighted by molar-refractivity contribution is 14.0. The molecule has 0 saturated carbocycles. The molecule has 1 aromatic heterocycles. The van der Waals surface area contributed by atoms with E-state index in [2.05, 4.69) is 36.1 Å². The maximum absolute atomic E-state index is 5.46. The Kier molecular flexibility index (Phi) is 10.0. The van der Waals surface area contributed by atoms with Crippen LogP contribution in [0.15, 0.2) is 11.2 Å². The Labute approximate surface area is 160 Å². The number of aliphatic imine (C=N–C) groups is 1. The first-order valence-electron chi connectivity index (χ1n) is 8.23. The predicted octanol–water partition coefficient (Wildman–Crippen LogP) is 2.80. The van der Waals surface area contributed by atoms with Crippen molar-refractivity contribution in [3.8, 4) is 0 Å². The number of nitrogens with one attached hydrogen (secondary N) is 1. The quantitative estimate of drug-likeness (QED) is 0.393. The van der Waals surface area contributed by atoms with E-state index >= 15 is 0 Å². The van der Waals surface area contributed by atoms with Gasteiger partial charge in [0.15, 0.2) is 5.96 Å². The smallest absolute Gasteiger partial charge is 0.193 e. The molecular weight excluding hydrogens is 423 g/mol. The minimum absolute atomic E-state index is 0. The summed E-state index contributed by atoms with van der Waals surface area (Å²) in [5.41, 5.74) is 0. The first-order chi connectivity index (χ1) is 10.7. The fourth-order valence-corrected chi connectivity index (χ4v) is 3.41. The predicted molar refractivity (Wildman–Crippen MR) is 108 cm³/mol. The number of thiazole rings is 1. The van der Waals surface area contributed by atoms with E-state index in [1.807, 2.05) is 6.20 Å². The van der Waals surface area contributed by atoms with Gasteiger partial charge in [-0.2, -0.15) is 0 Å². The molecule has 2 heterocycles. The van der Waals surface area contributed by atoms with Crippen LogP contribution in [-0.2, 0) is 17.6 Å². The van der Waals surface area contributed by atoms with E-state index in [0.29, 0.717) is 5.92 Å². The molecule has 5 nitrogen and oxygen atoms in total. The molecule has 1 saturated heterocycles. The van der Waals surface area contributed by atoms with Crippen LogP contribution in [0, 0.1) is 5.92 Å². The van der Waals surface area contributed by atoms with Crippen molar-refractivity contribution in [2.24, 2.45) is 10.9 Å². The summed E-state index contributed by atoms with van der Waals surface area (Å²) in [6, 6.07) is 0. The second-order valence-corrected chi connectivity index (χ2v) is 6.87. The molecule has 132 valence electrons. The Hall–Kier alpha value is -0.410. The largest absolute Gasteiger partial charge is 0.381 e. The van der Waals surface area contributed by atoms with Crippen LogP contribution < -0.4 is 5.32 Å². The summed E-state index contributed by atoms with van der Waals surface area (Å²) in [6.45, 7) is 8.73. The van der Waals surface area contributed by atoms with Gasteiger partial charge in [0.05, 0.1) is 11.6 Å². The molecular formula is C16H29IN4OS. The van der Waals surface area contributed by atoms with Crippen LogP contribution in [0.1, 0.15) is 30.2 Å². The molecule has 2 rings (SSSR count). The van der Waals surface area contributed by atoms with E-state index in [-0.39, 0.29) is 24.0 Å². The monoisotopic (exact) mass is 452 g/mol. The van der Waals surface area contributed by atoms with E-state index < -0.39 is 0 Å². The average Bonchev–Trinajstić information content (AvgIpc) is 3.17. The van der Waals surface area contributed by atoms with Gasteiger partial charge in [0.1, 0.15) is 0 Å². The third kappa shape index (κ3) is 6.93. The summed E-state index contributed by atoms with van der Waals surface area (Å²) >= 11 is 1.80. The topological polar surface area (TPSA) is 49.8 Å². The minimum Gasteiger partial charge on any atom is -0.381 e. The van der Waals surface area contributed by atoms with Gasteiger partial charge in [-0.1, -0.05) is 6.92 Å². The molecule has 1 aromatic rings. The van der Waals surface area contributed by atoms with Gasteiger partial charge in [0.2, 0.25) is 0 Å². The molecule has 0 bridgehead atoms. The molecule has 1 N–H and O–H groups in total. The Morgan fingerprint density at radius 2 is 2.35 bits per heavy atom. The summed E-state index contributed by atoms with van der Waals surface area (Å²) in [5, 5.41) is 4.56. The summed E-state index contributed by atoms with van der Waals surface area (Å²) in [4.78, 5) is 12.8. The molecule has 1 fully saturated rings. The highest BCUT2D eigenvalue weighted by atomic mass is 127. The van der Waals surface area contributed by atoms with Gasteiger partial charge in [-0.3, -0.25) is 4.99 Å². The number of rotatable bonds is 7. The normalized spacial score (nSPS) is 17.9. The van der Waals surface area contributed by atoms with E-state index in [1.54, 1.807) is 11.3 Å². The molecule has 23 heavy (non-hydrogen) atoms. The Balaban J connectivity index is 0.00000264. The number of guanidine groups is 1. The number of aryl methyl sites for hydroxylation is 1. The maximum Gasteiger partial charge on any atom is 0.193 e. The second-order valence-electron chi connectivity index (χ2n) is 5.67. The lowest BCUT2D eigenvalue weighted by molar-refractivity contribution is 0.181. The number of ether oxygens (including phenoxy) is 1. The van der Waals surface area contributed by atoms with Gasteiger partial charge < -0.3 is 15.0 Å². The van der Waals surface area contributed by atoms with Crippen LogP contribution in [0.3, 0.4) is 0 Å². The fraction of sp³-hybridized carbons (Fsp3) is 0.750. The van der Waals surface area contributed by atoms with Crippen molar-refractivity contribution in [3.63, 3.8) is 0 Å². The van der Waals surface area contributed by atoms with Crippen LogP contribution in [0.5, 0.6) is 0 Å². The van der Waals surface area contributed by atoms with E-state index in [4.69, 9.17) is 9.73 Å². The van der Waals surface area contributed by atoms with Gasteiger partial charge in [-0.05, 0) is 19.8 Å². The van der Waals surface area contributed by atoms with Crippen molar-refractivity contribution < 1.29 is 4.74 Å². The van der Waals surface area contributed by atoms with Crippen LogP contribution in [-0.4, -0.2) is 55.7 Å². The maximum atomic E-state index is 5.46. The van der Waals surface area contributed by atoms with Crippen molar-refractivity contribution >= 4 is 41.3 Å². The highest BCUT2D eigenvalue weighted by Crippen LogP contribution is 2.14. The number of nitrogens with zero attached hydrogens (tertiary/aromatic N) is 3. The molecule has 1 aliphatic heterocycles. The second kappa shape index (κ2) is 11.2. The SMILES string of the molecule is CCNC(=NCCc1ncc(CC)s1)N(C)CC1CCOC1.I. The molecule has 1 atom stereocenters. The Morgan fingerprint density at radius 1 is 1.52 bits per heavy atom. The standard InChI is InChI=1S/C16H28N4OS.HI/c1-4-14-10-19-15(22-14)6-8-18-16(17-5-2)20(3)11-13-7-9-21-12-13;/h10,13H,4-9,11-12H2,1-3H3,(H,17,18);1H. The molecule has 1 unspecified atom stereocenters. The first kappa shape index (κ1) is 20.6. The number of hydrogen-bond acceptors (Lipinski definition) is 4. The zero-order chi connectivity index (χ0) is 15.8. The van der Waals surface area contributed by atoms with Gasteiger partial charge >= 0.3 is 0 Å². The third-order valence-corrected chi connectivity index (χ3v) is 4.99. The molecule has 0 amide bonds. The Morgan fingerprint density at radius 3 is 2.96 bits per heavy atom. The molecule has 0 aliphatic carbocycles. The van der Waals surface area contributed by atoms with Crippen molar-refractivity contribution in [1.82, 2.24) is 15.2 Å². The lowest BCUT2D eigenvalue weighted by Gasteiger charge is -2.24. The lowest BCUT2D eigenvalue weighted by Crippen LogP contribution is -2.41. The summed E-state index contributed by atoms with van der Waals surface area (Å²) in [7, 11) is 2.11. The number of hydrogen-bond donors (Lipinski definition) is 1. The van der Waals surface area contributed by atoms with Crippen LogP contribution >= 0.6 is 35.3 Å². The van der Waals surface area contributed by atoms with Crippen LogP contribution in [0.2, 0.25) is 0 Å². The van der Waals surface area contributed by atoms with Crippen LogP contribution in [0.4, 0.5) is 0 Å². The Bertz CT molecular complexity index is 474. The van der Waals surface area contributed by atoms with E-state index in [9.17, 15) is 0 Å². The van der Waals surface area contributed by atoms with Crippen LogP contribution in [0.25, 0.3) is 0 Å². The van der Waals surface area contributed by atoms with Gasteiger partial charge in [0.25, 0.3) is 0 Å². The van der Waals surface area contributed by atoms with Crippen molar-refractivity contribution in [3.05, 3.63) is 16.1 Å². The minimum atomic E-state index is 0. The first-order valence-corrected chi connectivity index (χ1v) is 9.05. The zero-order valence-electron chi connectivity index (χ0n) is 14.4. The number of halogens is 1. The van der Waals surface area contributed by atoms with Gasteiger partial charge in [-0.15, -0.1) is 35.3 Å². The molecule has 0 aromatic carbocycles. The van der Waals surface area contributed by atoms with Crippen molar-refractivity contribution in [1.29, 1.82) is 0 Å². The molecule has 0 radical (unpaired) electrons. The zero-order valence-corrected chi connectivity index (χ0v) is 17.5. The average molecular weight is 452 g/mol. The van der Waals surface area contributed by atoms with Crippen molar-refractivity contribution in [2.75, 3.05) is 39.9 Å². The molecule has 1 aliphatic rings.